The summed E-state index contributed by atoms with van der Waals surface area (Å²) in [6.07, 6.45) is 2.45. The first-order valence-corrected chi connectivity index (χ1v) is 8.11. The first-order chi connectivity index (χ1) is 10.6. The maximum atomic E-state index is 6.10. The quantitative estimate of drug-likeness (QED) is 0.832. The van der Waals surface area contributed by atoms with Gasteiger partial charge >= 0.3 is 0 Å². The summed E-state index contributed by atoms with van der Waals surface area (Å²) in [6, 6.07) is 5.99. The summed E-state index contributed by atoms with van der Waals surface area (Å²) in [5.74, 6) is 2.12. The van der Waals surface area contributed by atoms with E-state index < -0.39 is 0 Å². The number of benzene rings is 1. The van der Waals surface area contributed by atoms with Crippen molar-refractivity contribution in [2.75, 3.05) is 17.2 Å². The minimum atomic E-state index is 0.591. The van der Waals surface area contributed by atoms with Gasteiger partial charge in [0.2, 0.25) is 5.95 Å². The third kappa shape index (κ3) is 3.33. The highest BCUT2D eigenvalue weighted by Crippen LogP contribution is 2.40. The zero-order valence-electron chi connectivity index (χ0n) is 13.2. The lowest BCUT2D eigenvalue weighted by Crippen LogP contribution is -2.07. The summed E-state index contributed by atoms with van der Waals surface area (Å²) < 4.78 is 0. The second-order valence-corrected chi connectivity index (χ2v) is 6.28. The standard InChI is InChI=1S/C17H21ClN4/c1-4-19-17-20-14(12-5-6-12)9-15(22-17)21-16-10(2)7-13(18)8-11(16)3/h7-9,12H,4-6H2,1-3H3,(H2,19,20,21,22). The van der Waals surface area contributed by atoms with E-state index in [4.69, 9.17) is 11.6 Å². The minimum Gasteiger partial charge on any atom is -0.354 e. The summed E-state index contributed by atoms with van der Waals surface area (Å²) in [4.78, 5) is 9.17. The molecule has 116 valence electrons. The van der Waals surface area contributed by atoms with Crippen LogP contribution in [0, 0.1) is 13.8 Å². The molecule has 0 amide bonds. The number of anilines is 3. The Hall–Kier alpha value is -1.81. The highest BCUT2D eigenvalue weighted by Gasteiger charge is 2.26. The Balaban J connectivity index is 1.94. The van der Waals surface area contributed by atoms with Crippen LogP contribution in [-0.2, 0) is 0 Å². The van der Waals surface area contributed by atoms with Crippen LogP contribution in [0.4, 0.5) is 17.5 Å². The Kier molecular flexibility index (Phi) is 4.21. The van der Waals surface area contributed by atoms with Crippen LogP contribution in [-0.4, -0.2) is 16.5 Å². The van der Waals surface area contributed by atoms with Gasteiger partial charge in [-0.05, 0) is 56.9 Å². The van der Waals surface area contributed by atoms with E-state index in [-0.39, 0.29) is 0 Å². The minimum absolute atomic E-state index is 0.591. The second kappa shape index (κ2) is 6.13. The first-order valence-electron chi connectivity index (χ1n) is 7.73. The fourth-order valence-corrected chi connectivity index (χ4v) is 2.92. The molecule has 1 heterocycles. The molecule has 1 fully saturated rings. The Morgan fingerprint density at radius 2 is 1.82 bits per heavy atom. The van der Waals surface area contributed by atoms with Crippen LogP contribution in [0.3, 0.4) is 0 Å². The molecule has 1 aromatic heterocycles. The lowest BCUT2D eigenvalue weighted by Gasteiger charge is -2.14. The molecule has 5 heteroatoms. The number of halogens is 1. The van der Waals surface area contributed by atoms with E-state index in [1.165, 1.54) is 12.8 Å². The summed E-state index contributed by atoms with van der Waals surface area (Å²) in [5, 5.41) is 7.41. The van der Waals surface area contributed by atoms with Gasteiger partial charge in [0.15, 0.2) is 0 Å². The number of nitrogens with one attached hydrogen (secondary N) is 2. The molecular formula is C17H21ClN4. The highest BCUT2D eigenvalue weighted by molar-refractivity contribution is 6.30. The molecule has 3 rings (SSSR count). The van der Waals surface area contributed by atoms with Crippen molar-refractivity contribution < 1.29 is 0 Å². The molecule has 0 aliphatic heterocycles. The lowest BCUT2D eigenvalue weighted by atomic mass is 10.1. The molecule has 1 aliphatic carbocycles. The highest BCUT2D eigenvalue weighted by atomic mass is 35.5. The van der Waals surface area contributed by atoms with Gasteiger partial charge in [0.05, 0.1) is 5.69 Å². The van der Waals surface area contributed by atoms with Gasteiger partial charge in [-0.1, -0.05) is 11.6 Å². The van der Waals surface area contributed by atoms with Crippen LogP contribution in [0.5, 0.6) is 0 Å². The maximum absolute atomic E-state index is 6.10. The zero-order valence-corrected chi connectivity index (χ0v) is 14.0. The number of nitrogens with zero attached hydrogens (tertiary/aromatic N) is 2. The van der Waals surface area contributed by atoms with Crippen molar-refractivity contribution in [3.8, 4) is 0 Å². The van der Waals surface area contributed by atoms with E-state index in [0.29, 0.717) is 11.9 Å². The maximum Gasteiger partial charge on any atom is 0.224 e. The first kappa shape index (κ1) is 15.1. The van der Waals surface area contributed by atoms with Gasteiger partial charge in [0, 0.05) is 29.2 Å². The summed E-state index contributed by atoms with van der Waals surface area (Å²) >= 11 is 6.10. The van der Waals surface area contributed by atoms with E-state index in [1.807, 2.05) is 19.1 Å². The number of hydrogen-bond donors (Lipinski definition) is 2. The van der Waals surface area contributed by atoms with Gasteiger partial charge in [-0.15, -0.1) is 0 Å². The van der Waals surface area contributed by atoms with E-state index in [0.717, 1.165) is 39.9 Å². The number of rotatable bonds is 5. The Morgan fingerprint density at radius 1 is 1.14 bits per heavy atom. The van der Waals surface area contributed by atoms with Crippen molar-refractivity contribution in [1.82, 2.24) is 9.97 Å². The van der Waals surface area contributed by atoms with Crippen molar-refractivity contribution in [3.63, 3.8) is 0 Å². The molecular weight excluding hydrogens is 296 g/mol. The van der Waals surface area contributed by atoms with Gasteiger partial charge in [-0.3, -0.25) is 0 Å². The molecule has 4 nitrogen and oxygen atoms in total. The number of hydrogen-bond acceptors (Lipinski definition) is 4. The van der Waals surface area contributed by atoms with Gasteiger partial charge < -0.3 is 10.6 Å². The molecule has 0 radical (unpaired) electrons. The summed E-state index contributed by atoms with van der Waals surface area (Å²) in [6.45, 7) is 6.96. The predicted molar refractivity (Wildman–Crippen MR) is 92.4 cm³/mol. The third-order valence-electron chi connectivity index (χ3n) is 3.83. The van der Waals surface area contributed by atoms with Crippen LogP contribution in [0.2, 0.25) is 5.02 Å². The molecule has 2 aromatic rings. The van der Waals surface area contributed by atoms with Crippen LogP contribution in [0.1, 0.15) is 42.5 Å². The van der Waals surface area contributed by atoms with Gasteiger partial charge in [-0.25, -0.2) is 4.98 Å². The summed E-state index contributed by atoms with van der Waals surface area (Å²) in [7, 11) is 0. The van der Waals surface area contributed by atoms with Gasteiger partial charge in [0.1, 0.15) is 5.82 Å². The van der Waals surface area contributed by atoms with Crippen LogP contribution >= 0.6 is 11.6 Å². The molecule has 1 saturated carbocycles. The SMILES string of the molecule is CCNc1nc(Nc2c(C)cc(Cl)cc2C)cc(C2CC2)n1. The van der Waals surface area contributed by atoms with Crippen molar-refractivity contribution in [2.24, 2.45) is 0 Å². The molecule has 0 unspecified atom stereocenters. The molecule has 0 bridgehead atoms. The van der Waals surface area contributed by atoms with E-state index in [9.17, 15) is 0 Å². The van der Waals surface area contributed by atoms with Crippen molar-refractivity contribution in [3.05, 3.63) is 40.0 Å². The lowest BCUT2D eigenvalue weighted by molar-refractivity contribution is 0.977. The molecule has 0 spiro atoms. The van der Waals surface area contributed by atoms with Crippen molar-refractivity contribution in [2.45, 2.75) is 39.5 Å². The Labute approximate surface area is 136 Å². The number of aryl methyl sites for hydroxylation is 2. The fraction of sp³-hybridized carbons (Fsp3) is 0.412. The van der Waals surface area contributed by atoms with Crippen molar-refractivity contribution in [1.29, 1.82) is 0 Å². The largest absolute Gasteiger partial charge is 0.354 e. The molecule has 1 aromatic carbocycles. The van der Waals surface area contributed by atoms with Crippen LogP contribution in [0.15, 0.2) is 18.2 Å². The molecule has 0 atom stereocenters. The van der Waals surface area contributed by atoms with E-state index in [1.54, 1.807) is 0 Å². The Morgan fingerprint density at radius 3 is 2.41 bits per heavy atom. The number of aromatic nitrogens is 2. The van der Waals surface area contributed by atoms with E-state index >= 15 is 0 Å². The van der Waals surface area contributed by atoms with Crippen LogP contribution < -0.4 is 10.6 Å². The topological polar surface area (TPSA) is 49.8 Å². The fourth-order valence-electron chi connectivity index (χ4n) is 2.59. The van der Waals surface area contributed by atoms with Crippen LogP contribution in [0.25, 0.3) is 0 Å². The summed E-state index contributed by atoms with van der Waals surface area (Å²) in [5.41, 5.74) is 4.41. The van der Waals surface area contributed by atoms with Gasteiger partial charge in [0.25, 0.3) is 0 Å². The average Bonchev–Trinajstić information content (AvgIpc) is 3.27. The second-order valence-electron chi connectivity index (χ2n) is 5.85. The normalized spacial score (nSPS) is 14.0. The van der Waals surface area contributed by atoms with E-state index in [2.05, 4.69) is 40.5 Å². The third-order valence-corrected chi connectivity index (χ3v) is 4.05. The monoisotopic (exact) mass is 316 g/mol. The molecule has 2 N–H and O–H groups in total. The smallest absolute Gasteiger partial charge is 0.224 e. The molecule has 0 saturated heterocycles. The van der Waals surface area contributed by atoms with Crippen molar-refractivity contribution >= 4 is 29.1 Å². The Bertz CT molecular complexity index is 672. The van der Waals surface area contributed by atoms with Gasteiger partial charge in [-0.2, -0.15) is 4.98 Å². The molecule has 1 aliphatic rings. The average molecular weight is 317 g/mol. The zero-order chi connectivity index (χ0) is 15.7. The predicted octanol–water partition coefficient (Wildman–Crippen LogP) is 4.80. The molecule has 22 heavy (non-hydrogen) atoms.